The molecule has 0 spiro atoms. The molecule has 116 valence electrons. The van der Waals surface area contributed by atoms with E-state index in [4.69, 9.17) is 10.7 Å². The molecule has 5 nitrogen and oxygen atoms in total. The molecule has 2 rings (SSSR count). The van der Waals surface area contributed by atoms with Crippen molar-refractivity contribution in [3.63, 3.8) is 0 Å². The van der Waals surface area contributed by atoms with Gasteiger partial charge in [-0.3, -0.25) is 4.68 Å². The van der Waals surface area contributed by atoms with Crippen LogP contribution in [0, 0.1) is 5.92 Å². The zero-order valence-corrected chi connectivity index (χ0v) is 13.8. The Kier molecular flexibility index (Phi) is 4.70. The molecule has 0 aliphatic heterocycles. The van der Waals surface area contributed by atoms with Gasteiger partial charge < -0.3 is 10.3 Å². The molecule has 0 atom stereocenters. The maximum absolute atomic E-state index is 6.37. The third-order valence-electron chi connectivity index (χ3n) is 3.46. The third kappa shape index (κ3) is 3.28. The van der Waals surface area contributed by atoms with Crippen molar-refractivity contribution >= 4 is 5.82 Å². The van der Waals surface area contributed by atoms with Crippen LogP contribution in [0.25, 0.3) is 11.3 Å². The van der Waals surface area contributed by atoms with Crippen molar-refractivity contribution in [2.45, 2.75) is 60.0 Å². The lowest BCUT2D eigenvalue weighted by atomic mass is 10.2. The lowest BCUT2D eigenvalue weighted by Gasteiger charge is -2.13. The van der Waals surface area contributed by atoms with Crippen LogP contribution in [0.15, 0.2) is 12.4 Å². The van der Waals surface area contributed by atoms with E-state index in [2.05, 4.69) is 44.3 Å². The first-order valence-corrected chi connectivity index (χ1v) is 7.82. The standard InChI is InChI=1S/C16H27N5/c1-6-7-20-10-13(8-18-20)14-15(17)21(9-11(2)3)16(19-14)12(4)5/h8,10-12H,6-7,9,17H2,1-5H3. The van der Waals surface area contributed by atoms with Crippen LogP contribution in [-0.2, 0) is 13.1 Å². The highest BCUT2D eigenvalue weighted by Gasteiger charge is 2.19. The van der Waals surface area contributed by atoms with Gasteiger partial charge in [-0.15, -0.1) is 0 Å². The summed E-state index contributed by atoms with van der Waals surface area (Å²) in [5.41, 5.74) is 8.24. The number of anilines is 1. The van der Waals surface area contributed by atoms with E-state index in [9.17, 15) is 0 Å². The summed E-state index contributed by atoms with van der Waals surface area (Å²) in [7, 11) is 0. The van der Waals surface area contributed by atoms with Gasteiger partial charge in [0.15, 0.2) is 0 Å². The molecule has 0 unspecified atom stereocenters. The van der Waals surface area contributed by atoms with E-state index in [1.165, 1.54) is 0 Å². The van der Waals surface area contributed by atoms with E-state index >= 15 is 0 Å². The largest absolute Gasteiger partial charge is 0.383 e. The van der Waals surface area contributed by atoms with Gasteiger partial charge in [0.05, 0.1) is 6.20 Å². The second kappa shape index (κ2) is 6.33. The van der Waals surface area contributed by atoms with Gasteiger partial charge in [0.1, 0.15) is 17.3 Å². The van der Waals surface area contributed by atoms with Crippen molar-refractivity contribution in [3.8, 4) is 11.3 Å². The van der Waals surface area contributed by atoms with Gasteiger partial charge in [0.2, 0.25) is 0 Å². The highest BCUT2D eigenvalue weighted by molar-refractivity contribution is 5.70. The fraction of sp³-hybridized carbons (Fsp3) is 0.625. The fourth-order valence-electron chi connectivity index (χ4n) is 2.53. The Labute approximate surface area is 127 Å². The van der Waals surface area contributed by atoms with Crippen molar-refractivity contribution < 1.29 is 0 Å². The summed E-state index contributed by atoms with van der Waals surface area (Å²) in [5.74, 6) is 2.70. The summed E-state index contributed by atoms with van der Waals surface area (Å²) in [6.45, 7) is 12.7. The van der Waals surface area contributed by atoms with Gasteiger partial charge in [-0.2, -0.15) is 5.10 Å². The summed E-state index contributed by atoms with van der Waals surface area (Å²) in [6.07, 6.45) is 4.96. The van der Waals surface area contributed by atoms with E-state index < -0.39 is 0 Å². The maximum atomic E-state index is 6.37. The topological polar surface area (TPSA) is 61.7 Å². The van der Waals surface area contributed by atoms with Gasteiger partial charge in [-0.25, -0.2) is 4.98 Å². The summed E-state index contributed by atoms with van der Waals surface area (Å²) in [5, 5.41) is 4.38. The van der Waals surface area contributed by atoms with Crippen LogP contribution >= 0.6 is 0 Å². The molecule has 0 aliphatic rings. The summed E-state index contributed by atoms with van der Waals surface area (Å²) in [6, 6.07) is 0. The Hall–Kier alpha value is -1.78. The minimum atomic E-state index is 0.352. The van der Waals surface area contributed by atoms with Gasteiger partial charge in [0, 0.05) is 30.8 Å². The molecule has 0 amide bonds. The normalized spacial score (nSPS) is 11.8. The molecule has 5 heteroatoms. The average molecular weight is 289 g/mol. The average Bonchev–Trinajstić information content (AvgIpc) is 2.96. The SMILES string of the molecule is CCCn1cc(-c2nc(C(C)C)n(CC(C)C)c2N)cn1. The number of aromatic nitrogens is 4. The van der Waals surface area contributed by atoms with Crippen LogP contribution in [0.3, 0.4) is 0 Å². The summed E-state index contributed by atoms with van der Waals surface area (Å²) < 4.78 is 4.10. The Morgan fingerprint density at radius 3 is 2.52 bits per heavy atom. The van der Waals surface area contributed by atoms with Crippen LogP contribution in [0.2, 0.25) is 0 Å². The molecule has 2 aromatic heterocycles. The molecular formula is C16H27N5. The molecule has 21 heavy (non-hydrogen) atoms. The second-order valence-corrected chi connectivity index (χ2v) is 6.36. The highest BCUT2D eigenvalue weighted by Crippen LogP contribution is 2.29. The first-order valence-electron chi connectivity index (χ1n) is 7.82. The molecule has 0 fully saturated rings. The number of hydrogen-bond donors (Lipinski definition) is 1. The van der Waals surface area contributed by atoms with E-state index in [0.717, 1.165) is 42.4 Å². The number of imidazole rings is 1. The molecule has 0 saturated heterocycles. The number of nitrogen functional groups attached to an aromatic ring is 1. The highest BCUT2D eigenvalue weighted by atomic mass is 15.3. The van der Waals surface area contributed by atoms with Gasteiger partial charge >= 0.3 is 0 Å². The molecule has 2 heterocycles. The molecule has 2 N–H and O–H groups in total. The van der Waals surface area contributed by atoms with Crippen molar-refractivity contribution in [1.82, 2.24) is 19.3 Å². The molecule has 0 aliphatic carbocycles. The smallest absolute Gasteiger partial charge is 0.131 e. The third-order valence-corrected chi connectivity index (χ3v) is 3.46. The van der Waals surface area contributed by atoms with Crippen LogP contribution in [-0.4, -0.2) is 19.3 Å². The van der Waals surface area contributed by atoms with E-state index in [0.29, 0.717) is 11.8 Å². The van der Waals surface area contributed by atoms with Gasteiger partial charge in [-0.1, -0.05) is 34.6 Å². The van der Waals surface area contributed by atoms with Crippen LogP contribution < -0.4 is 5.73 Å². The maximum Gasteiger partial charge on any atom is 0.131 e. The lowest BCUT2D eigenvalue weighted by molar-refractivity contribution is 0.502. The second-order valence-electron chi connectivity index (χ2n) is 6.36. The van der Waals surface area contributed by atoms with Crippen molar-refractivity contribution in [2.75, 3.05) is 5.73 Å². The van der Waals surface area contributed by atoms with E-state index in [-0.39, 0.29) is 0 Å². The number of rotatable bonds is 6. The molecule has 0 radical (unpaired) electrons. The van der Waals surface area contributed by atoms with Crippen molar-refractivity contribution in [3.05, 3.63) is 18.2 Å². The molecule has 0 aromatic carbocycles. The van der Waals surface area contributed by atoms with Crippen molar-refractivity contribution in [2.24, 2.45) is 5.92 Å². The predicted octanol–water partition coefficient (Wildman–Crippen LogP) is 3.52. The Morgan fingerprint density at radius 2 is 1.95 bits per heavy atom. The summed E-state index contributed by atoms with van der Waals surface area (Å²) in [4.78, 5) is 4.79. The monoisotopic (exact) mass is 289 g/mol. The van der Waals surface area contributed by atoms with Crippen LogP contribution in [0.4, 0.5) is 5.82 Å². The van der Waals surface area contributed by atoms with Gasteiger partial charge in [-0.05, 0) is 12.3 Å². The number of nitrogens with two attached hydrogens (primary N) is 1. The molecule has 0 bridgehead atoms. The van der Waals surface area contributed by atoms with Crippen LogP contribution in [0.5, 0.6) is 0 Å². The Bertz CT molecular complexity index is 592. The lowest BCUT2D eigenvalue weighted by Crippen LogP contribution is -2.12. The van der Waals surface area contributed by atoms with E-state index in [1.54, 1.807) is 0 Å². The zero-order chi connectivity index (χ0) is 15.6. The molecular weight excluding hydrogens is 262 g/mol. The minimum Gasteiger partial charge on any atom is -0.383 e. The zero-order valence-electron chi connectivity index (χ0n) is 13.8. The number of hydrogen-bond acceptors (Lipinski definition) is 3. The quantitative estimate of drug-likeness (QED) is 0.885. The van der Waals surface area contributed by atoms with Crippen LogP contribution in [0.1, 0.15) is 52.8 Å². The molecule has 0 saturated carbocycles. The molecule has 2 aromatic rings. The Balaban J connectivity index is 2.43. The predicted molar refractivity (Wildman–Crippen MR) is 87.1 cm³/mol. The van der Waals surface area contributed by atoms with Gasteiger partial charge in [0.25, 0.3) is 0 Å². The first-order chi connectivity index (χ1) is 9.93. The minimum absolute atomic E-state index is 0.352. The fourth-order valence-corrected chi connectivity index (χ4v) is 2.53. The summed E-state index contributed by atoms with van der Waals surface area (Å²) >= 11 is 0. The Morgan fingerprint density at radius 1 is 1.24 bits per heavy atom. The number of nitrogens with zero attached hydrogens (tertiary/aromatic N) is 4. The van der Waals surface area contributed by atoms with Crippen molar-refractivity contribution in [1.29, 1.82) is 0 Å². The van der Waals surface area contributed by atoms with E-state index in [1.807, 2.05) is 17.1 Å². The number of aryl methyl sites for hydroxylation is 1. The first kappa shape index (κ1) is 15.6.